The number of hydrogen-bond acceptors (Lipinski definition) is 6. The molecule has 0 spiro atoms. The summed E-state index contributed by atoms with van der Waals surface area (Å²) in [5.74, 6) is 1.94. The van der Waals surface area contributed by atoms with Gasteiger partial charge in [0.1, 0.15) is 5.69 Å². The summed E-state index contributed by atoms with van der Waals surface area (Å²) in [5.41, 5.74) is 3.19. The first-order valence-electron chi connectivity index (χ1n) is 8.80. The minimum Gasteiger partial charge on any atom is -0.380 e. The first-order valence-corrected chi connectivity index (χ1v) is 8.80. The Labute approximate surface area is 142 Å². The molecule has 128 valence electrons. The number of aryl methyl sites for hydroxylation is 2. The molecule has 2 aromatic rings. The van der Waals surface area contributed by atoms with Crippen LogP contribution in [0.3, 0.4) is 0 Å². The Morgan fingerprint density at radius 3 is 2.75 bits per heavy atom. The van der Waals surface area contributed by atoms with Gasteiger partial charge in [-0.3, -0.25) is 0 Å². The van der Waals surface area contributed by atoms with Crippen LogP contribution >= 0.6 is 0 Å². The highest BCUT2D eigenvalue weighted by molar-refractivity contribution is 5.42. The lowest BCUT2D eigenvalue weighted by atomic mass is 9.99. The lowest BCUT2D eigenvalue weighted by molar-refractivity contribution is 0.108. The molecule has 1 unspecified atom stereocenters. The zero-order chi connectivity index (χ0) is 16.5. The zero-order valence-electron chi connectivity index (χ0n) is 14.4. The molecule has 0 saturated heterocycles. The fourth-order valence-electron chi connectivity index (χ4n) is 3.27. The number of ether oxygens (including phenoxy) is 1. The predicted molar refractivity (Wildman–Crippen MR) is 89.8 cm³/mol. The van der Waals surface area contributed by atoms with Crippen LogP contribution in [0.15, 0.2) is 12.1 Å². The van der Waals surface area contributed by atoms with Crippen molar-refractivity contribution in [2.24, 2.45) is 5.92 Å². The highest BCUT2D eigenvalue weighted by Gasteiger charge is 2.32. The molecule has 7 heteroatoms. The van der Waals surface area contributed by atoms with Gasteiger partial charge in [0.15, 0.2) is 5.82 Å². The summed E-state index contributed by atoms with van der Waals surface area (Å²) in [6.45, 7) is 8.08. The van der Waals surface area contributed by atoms with Crippen LogP contribution in [-0.4, -0.2) is 44.9 Å². The van der Waals surface area contributed by atoms with Crippen molar-refractivity contribution < 1.29 is 4.74 Å². The van der Waals surface area contributed by atoms with E-state index in [0.29, 0.717) is 6.61 Å². The van der Waals surface area contributed by atoms with Crippen LogP contribution in [0, 0.1) is 12.8 Å². The zero-order valence-corrected chi connectivity index (χ0v) is 14.4. The Kier molecular flexibility index (Phi) is 4.18. The largest absolute Gasteiger partial charge is 0.380 e. The number of nitrogens with zero attached hydrogens (tertiary/aromatic N) is 6. The van der Waals surface area contributed by atoms with Crippen LogP contribution in [0.25, 0.3) is 0 Å². The van der Waals surface area contributed by atoms with Gasteiger partial charge < -0.3 is 9.64 Å². The predicted octanol–water partition coefficient (Wildman–Crippen LogP) is 1.93. The molecule has 2 aliphatic rings. The maximum absolute atomic E-state index is 5.99. The van der Waals surface area contributed by atoms with E-state index in [1.807, 2.05) is 23.7 Å². The minimum absolute atomic E-state index is 0.269. The van der Waals surface area contributed by atoms with Crippen molar-refractivity contribution in [2.45, 2.75) is 45.7 Å². The SMILES string of the molecule is CCn1nnc2c1C(COCC1CC1)CN(c1ccc(C)nn1)C2. The third kappa shape index (κ3) is 3.13. The Hall–Kier alpha value is -2.02. The number of fused-ring (bicyclic) bond motifs is 1. The lowest BCUT2D eigenvalue weighted by Gasteiger charge is -2.32. The molecule has 4 rings (SSSR count). The van der Waals surface area contributed by atoms with Gasteiger partial charge in [-0.2, -0.15) is 5.10 Å². The summed E-state index contributed by atoms with van der Waals surface area (Å²) >= 11 is 0. The number of hydrogen-bond donors (Lipinski definition) is 0. The molecule has 0 N–H and O–H groups in total. The van der Waals surface area contributed by atoms with Crippen LogP contribution in [-0.2, 0) is 17.8 Å². The van der Waals surface area contributed by atoms with Gasteiger partial charge in [0.25, 0.3) is 0 Å². The standard InChI is InChI=1S/C17H24N6O/c1-3-23-17-14(11-24-10-13-5-6-13)8-22(9-15(17)19-21-23)16-7-4-12(2)18-20-16/h4,7,13-14H,3,5-6,8-11H2,1-2H3. The molecule has 0 radical (unpaired) electrons. The van der Waals surface area contributed by atoms with E-state index in [0.717, 1.165) is 49.4 Å². The first kappa shape index (κ1) is 15.5. The molecule has 0 aromatic carbocycles. The third-order valence-corrected chi connectivity index (χ3v) is 4.79. The van der Waals surface area contributed by atoms with Crippen LogP contribution in [0.2, 0.25) is 0 Å². The third-order valence-electron chi connectivity index (χ3n) is 4.79. The summed E-state index contributed by atoms with van der Waals surface area (Å²) in [6.07, 6.45) is 2.63. The van der Waals surface area contributed by atoms with E-state index < -0.39 is 0 Å². The summed E-state index contributed by atoms with van der Waals surface area (Å²) in [5, 5.41) is 17.2. The van der Waals surface area contributed by atoms with Crippen LogP contribution < -0.4 is 4.90 Å². The van der Waals surface area contributed by atoms with E-state index in [1.165, 1.54) is 18.5 Å². The average molecular weight is 328 g/mol. The van der Waals surface area contributed by atoms with Gasteiger partial charge in [0.05, 0.1) is 24.5 Å². The summed E-state index contributed by atoms with van der Waals surface area (Å²) in [7, 11) is 0. The van der Waals surface area contributed by atoms with E-state index in [1.54, 1.807) is 0 Å². The lowest BCUT2D eigenvalue weighted by Crippen LogP contribution is -2.37. The van der Waals surface area contributed by atoms with Gasteiger partial charge in [-0.15, -0.1) is 10.2 Å². The fourth-order valence-corrected chi connectivity index (χ4v) is 3.27. The molecule has 1 atom stereocenters. The molecule has 2 aromatic heterocycles. The van der Waals surface area contributed by atoms with Crippen LogP contribution in [0.4, 0.5) is 5.82 Å². The van der Waals surface area contributed by atoms with Gasteiger partial charge in [0, 0.05) is 25.6 Å². The molecule has 0 bridgehead atoms. The molecular weight excluding hydrogens is 304 g/mol. The maximum Gasteiger partial charge on any atom is 0.151 e. The molecule has 1 aliphatic heterocycles. The topological polar surface area (TPSA) is 69.0 Å². The molecule has 0 amide bonds. The fraction of sp³-hybridized carbons (Fsp3) is 0.647. The van der Waals surface area contributed by atoms with Crippen molar-refractivity contribution in [1.29, 1.82) is 0 Å². The molecule has 1 saturated carbocycles. The normalized spacial score (nSPS) is 20.2. The van der Waals surface area contributed by atoms with E-state index in [4.69, 9.17) is 4.74 Å². The van der Waals surface area contributed by atoms with Gasteiger partial charge >= 0.3 is 0 Å². The summed E-state index contributed by atoms with van der Waals surface area (Å²) in [6, 6.07) is 4.03. The Morgan fingerprint density at radius 2 is 2.04 bits per heavy atom. The van der Waals surface area contributed by atoms with Crippen molar-refractivity contribution in [1.82, 2.24) is 25.2 Å². The molecule has 3 heterocycles. The van der Waals surface area contributed by atoms with Crippen molar-refractivity contribution in [2.75, 3.05) is 24.7 Å². The number of anilines is 1. The first-order chi connectivity index (χ1) is 11.7. The average Bonchev–Trinajstić information content (AvgIpc) is 3.32. The molecule has 1 fully saturated rings. The van der Waals surface area contributed by atoms with E-state index in [9.17, 15) is 0 Å². The van der Waals surface area contributed by atoms with Crippen molar-refractivity contribution in [3.8, 4) is 0 Å². The molecule has 7 nitrogen and oxygen atoms in total. The maximum atomic E-state index is 5.99. The summed E-state index contributed by atoms with van der Waals surface area (Å²) < 4.78 is 8.01. The molecule has 1 aliphatic carbocycles. The number of aromatic nitrogens is 5. The van der Waals surface area contributed by atoms with Crippen molar-refractivity contribution in [3.63, 3.8) is 0 Å². The monoisotopic (exact) mass is 328 g/mol. The Morgan fingerprint density at radius 1 is 1.17 bits per heavy atom. The Balaban J connectivity index is 1.55. The van der Waals surface area contributed by atoms with E-state index >= 15 is 0 Å². The van der Waals surface area contributed by atoms with E-state index in [2.05, 4.69) is 32.3 Å². The summed E-state index contributed by atoms with van der Waals surface area (Å²) in [4.78, 5) is 2.23. The quantitative estimate of drug-likeness (QED) is 0.807. The number of rotatable bonds is 6. The van der Waals surface area contributed by atoms with Gasteiger partial charge in [-0.25, -0.2) is 4.68 Å². The van der Waals surface area contributed by atoms with Gasteiger partial charge in [-0.05, 0) is 44.7 Å². The Bertz CT molecular complexity index is 694. The second-order valence-electron chi connectivity index (χ2n) is 6.83. The van der Waals surface area contributed by atoms with Gasteiger partial charge in [0.2, 0.25) is 0 Å². The highest BCUT2D eigenvalue weighted by atomic mass is 16.5. The van der Waals surface area contributed by atoms with Crippen molar-refractivity contribution >= 4 is 5.82 Å². The van der Waals surface area contributed by atoms with Gasteiger partial charge in [-0.1, -0.05) is 5.21 Å². The minimum atomic E-state index is 0.269. The van der Waals surface area contributed by atoms with Crippen LogP contribution in [0.5, 0.6) is 0 Å². The molecule has 24 heavy (non-hydrogen) atoms. The molecular formula is C17H24N6O. The second-order valence-corrected chi connectivity index (χ2v) is 6.83. The second kappa shape index (κ2) is 6.47. The van der Waals surface area contributed by atoms with E-state index in [-0.39, 0.29) is 5.92 Å². The van der Waals surface area contributed by atoms with Crippen LogP contribution in [0.1, 0.15) is 42.8 Å². The smallest absolute Gasteiger partial charge is 0.151 e. The highest BCUT2D eigenvalue weighted by Crippen LogP contribution is 2.32. The van der Waals surface area contributed by atoms with Crippen molar-refractivity contribution in [3.05, 3.63) is 29.2 Å².